The van der Waals surface area contributed by atoms with Crippen molar-refractivity contribution in [1.29, 1.82) is 0 Å². The van der Waals surface area contributed by atoms with Gasteiger partial charge in [0.05, 0.1) is 0 Å². The van der Waals surface area contributed by atoms with Gasteiger partial charge in [-0.05, 0) is 0 Å². The van der Waals surface area contributed by atoms with E-state index in [1.165, 1.54) is 0 Å². The first-order valence-electron chi connectivity index (χ1n) is 2.88. The van der Waals surface area contributed by atoms with Gasteiger partial charge in [0.15, 0.2) is 0 Å². The van der Waals surface area contributed by atoms with Crippen molar-refractivity contribution in [2.75, 3.05) is 26.2 Å². The summed E-state index contributed by atoms with van der Waals surface area (Å²) < 4.78 is 0. The third-order valence-electron chi connectivity index (χ3n) is 0.333. The predicted molar refractivity (Wildman–Crippen MR) is 47.9 cm³/mol. The molecule has 0 atom stereocenters. The van der Waals surface area contributed by atoms with Gasteiger partial charge >= 0.3 is 34.8 Å². The van der Waals surface area contributed by atoms with Crippen LogP contribution in [0.15, 0.2) is 0 Å². The van der Waals surface area contributed by atoms with E-state index in [0.29, 0.717) is 26.2 Å². The molecule has 0 aromatic heterocycles. The van der Waals surface area contributed by atoms with E-state index in [2.05, 4.69) is 0 Å². The average Bonchev–Trinajstić information content (AvgIpc) is 2.06. The summed E-state index contributed by atoms with van der Waals surface area (Å²) in [5, 5.41) is 0. The molecular formula is C4H16Cl3IrN4. The Hall–Kier alpha value is 1.36. The first-order valence-corrected chi connectivity index (χ1v) is 8.82. The normalized spacial score (nSPS) is 6.83. The summed E-state index contributed by atoms with van der Waals surface area (Å²) in [6.07, 6.45) is 0. The van der Waals surface area contributed by atoms with Gasteiger partial charge in [-0.15, -0.1) is 0 Å². The van der Waals surface area contributed by atoms with Gasteiger partial charge in [-0.2, -0.15) is 0 Å². The van der Waals surface area contributed by atoms with Crippen molar-refractivity contribution in [2.24, 2.45) is 22.9 Å². The molecule has 8 heteroatoms. The molecule has 0 aromatic rings. The predicted octanol–water partition coefficient (Wildman–Crippen LogP) is -3.81. The molecule has 0 fully saturated rings. The van der Waals surface area contributed by atoms with Crippen molar-refractivity contribution in [3.8, 4) is 0 Å². The van der Waals surface area contributed by atoms with Gasteiger partial charge in [-0.3, -0.25) is 0 Å². The van der Waals surface area contributed by atoms with Crippen molar-refractivity contribution in [3.05, 3.63) is 0 Å². The van der Waals surface area contributed by atoms with Gasteiger partial charge in [-0.25, -0.2) is 0 Å². The van der Waals surface area contributed by atoms with Gasteiger partial charge < -0.3 is 35.3 Å². The van der Waals surface area contributed by atoms with Gasteiger partial charge in [-0.1, -0.05) is 0 Å². The van der Waals surface area contributed by atoms with Crippen LogP contribution in [-0.4, -0.2) is 26.2 Å². The molecule has 0 aliphatic carbocycles. The summed E-state index contributed by atoms with van der Waals surface area (Å²) in [5.74, 6) is 0. The van der Waals surface area contributed by atoms with Crippen molar-refractivity contribution >= 4 is 19.2 Å². The molecule has 4 nitrogen and oxygen atoms in total. The second kappa shape index (κ2) is 39.4. The Morgan fingerprint density at radius 1 is 0.750 bits per heavy atom. The van der Waals surface area contributed by atoms with Crippen LogP contribution in [-0.2, 0) is 15.7 Å². The van der Waals surface area contributed by atoms with E-state index in [1.54, 1.807) is 0 Å². The number of nitrogens with two attached hydrogens (primary N) is 4. The van der Waals surface area contributed by atoms with Crippen molar-refractivity contribution in [2.45, 2.75) is 0 Å². The van der Waals surface area contributed by atoms with Crippen molar-refractivity contribution in [3.63, 3.8) is 0 Å². The summed E-state index contributed by atoms with van der Waals surface area (Å²) in [6.45, 7) is 2.39. The van der Waals surface area contributed by atoms with Crippen LogP contribution in [0.5, 0.6) is 0 Å². The van der Waals surface area contributed by atoms with Gasteiger partial charge in [0.1, 0.15) is 0 Å². The molecule has 0 aliphatic rings. The fraction of sp³-hybridized carbons (Fsp3) is 1.00. The molecule has 12 heavy (non-hydrogen) atoms. The average molecular weight is 419 g/mol. The first kappa shape index (κ1) is 23.3. The standard InChI is InChI=1S/2C2H8N2.3ClH.Ir/c2*3-1-2-4;;;;/h2*1-4H2;3*1H;/q;;;;;+3/p-3. The zero-order valence-electron chi connectivity index (χ0n) is 6.61. The van der Waals surface area contributed by atoms with Crippen LogP contribution >= 0.6 is 19.2 Å². The van der Waals surface area contributed by atoms with Gasteiger partial charge in [0, 0.05) is 26.2 Å². The molecule has 0 bridgehead atoms. The van der Waals surface area contributed by atoms with E-state index >= 15 is 0 Å². The molecule has 0 amide bonds. The van der Waals surface area contributed by atoms with E-state index in [-0.39, 0.29) is 12.4 Å². The van der Waals surface area contributed by atoms with E-state index in [9.17, 15) is 0 Å². The molecule has 8 N–H and O–H groups in total. The molecule has 0 saturated carbocycles. The second-order valence-corrected chi connectivity index (χ2v) is 4.66. The van der Waals surface area contributed by atoms with E-state index < -0.39 is 15.7 Å². The van der Waals surface area contributed by atoms with Crippen LogP contribution in [0.3, 0.4) is 0 Å². The zero-order valence-corrected chi connectivity index (χ0v) is 11.3. The Bertz CT molecular complexity index is 37.5. The number of rotatable bonds is 2. The summed E-state index contributed by atoms with van der Waals surface area (Å²) in [5.41, 5.74) is 19.6. The monoisotopic (exact) mass is 418 g/mol. The second-order valence-electron chi connectivity index (χ2n) is 1.20. The Labute approximate surface area is 96.1 Å². The molecule has 0 radical (unpaired) electrons. The molecule has 0 saturated heterocycles. The Balaban J connectivity index is -0.0000000389. The third-order valence-corrected chi connectivity index (χ3v) is 0.333. The fourth-order valence-corrected chi connectivity index (χ4v) is 0. The minimum atomic E-state index is -0.556. The maximum absolute atomic E-state index is 4.90. The van der Waals surface area contributed by atoms with Crippen LogP contribution in [0.4, 0.5) is 0 Å². The molecule has 0 heterocycles. The fourth-order valence-electron chi connectivity index (χ4n) is 0. The first-order chi connectivity index (χ1) is 5.24. The Morgan fingerprint density at radius 2 is 0.833 bits per heavy atom. The third kappa shape index (κ3) is 108. The van der Waals surface area contributed by atoms with E-state index in [1.807, 2.05) is 0 Å². The molecule has 0 aromatic carbocycles. The van der Waals surface area contributed by atoms with Crippen LogP contribution in [0.2, 0.25) is 0 Å². The topological polar surface area (TPSA) is 104 Å². The molecular weight excluding hydrogens is 403 g/mol. The van der Waals surface area contributed by atoms with E-state index in [4.69, 9.17) is 42.1 Å². The Morgan fingerprint density at radius 3 is 0.833 bits per heavy atom. The maximum atomic E-state index is 4.90. The van der Waals surface area contributed by atoms with Gasteiger partial charge in [0.2, 0.25) is 0 Å². The van der Waals surface area contributed by atoms with Gasteiger partial charge in [0.25, 0.3) is 0 Å². The van der Waals surface area contributed by atoms with Crippen molar-refractivity contribution in [1.82, 2.24) is 0 Å². The molecule has 82 valence electrons. The molecule has 0 unspecified atom stereocenters. The van der Waals surface area contributed by atoms with Crippen LogP contribution in [0.1, 0.15) is 0 Å². The zero-order chi connectivity index (χ0) is 9.54. The number of hydrogen-bond donors (Lipinski definition) is 4. The summed E-state index contributed by atoms with van der Waals surface area (Å²) >= 11 is -0.556. The minimum absolute atomic E-state index is 0. The molecule has 0 rings (SSSR count). The number of hydrogen-bond acceptors (Lipinski definition) is 4. The summed E-state index contributed by atoms with van der Waals surface area (Å²) in [6, 6.07) is 0. The Kier molecular flexibility index (Phi) is 76.6. The van der Waals surface area contributed by atoms with Crippen LogP contribution in [0, 0.1) is 0 Å². The molecule has 0 aliphatic heterocycles. The van der Waals surface area contributed by atoms with E-state index in [0.717, 1.165) is 0 Å². The summed E-state index contributed by atoms with van der Waals surface area (Å²) in [4.78, 5) is 0. The SMILES string of the molecule is NCCN.NCCN.[Cl-].[Cl][Ir+][Cl]. The van der Waals surface area contributed by atoms with Crippen LogP contribution < -0.4 is 35.3 Å². The number of halogens is 3. The quantitative estimate of drug-likeness (QED) is 0.369. The molecule has 0 spiro atoms. The van der Waals surface area contributed by atoms with Crippen molar-refractivity contribution < 1.29 is 28.1 Å². The summed E-state index contributed by atoms with van der Waals surface area (Å²) in [7, 11) is 9.78. The van der Waals surface area contributed by atoms with Crippen LogP contribution in [0.25, 0.3) is 0 Å².